The van der Waals surface area contributed by atoms with Crippen molar-refractivity contribution in [3.8, 4) is 0 Å². The molecule has 16 heavy (non-hydrogen) atoms. The molecule has 5 heteroatoms. The summed E-state index contributed by atoms with van der Waals surface area (Å²) in [6.07, 6.45) is 0.702. The van der Waals surface area contributed by atoms with Crippen molar-refractivity contribution in [2.24, 2.45) is 0 Å². The van der Waals surface area contributed by atoms with Crippen LogP contribution >= 0.6 is 15.9 Å². The monoisotopic (exact) mass is 283 g/mol. The summed E-state index contributed by atoms with van der Waals surface area (Å²) in [5, 5.41) is 8.70. The molecule has 2 rings (SSSR count). The maximum Gasteiger partial charge on any atom is 0.323 e. The van der Waals surface area contributed by atoms with E-state index in [1.165, 1.54) is 4.90 Å². The molecule has 0 radical (unpaired) electrons. The second kappa shape index (κ2) is 4.25. The second-order valence-electron chi connectivity index (χ2n) is 3.64. The lowest BCUT2D eigenvalue weighted by atomic mass is 9.99. The lowest BCUT2D eigenvalue weighted by molar-refractivity contribution is -0.137. The van der Waals surface area contributed by atoms with E-state index >= 15 is 0 Å². The van der Waals surface area contributed by atoms with Gasteiger partial charge in [0.2, 0.25) is 0 Å². The predicted molar refractivity (Wildman–Crippen MR) is 61.4 cm³/mol. The van der Waals surface area contributed by atoms with E-state index in [0.29, 0.717) is 18.5 Å². The number of carbonyl (C=O) groups is 2. The first-order valence-corrected chi connectivity index (χ1v) is 5.67. The molecule has 1 aliphatic heterocycles. The number of amides is 1. The molecule has 1 aliphatic rings. The molecule has 1 aromatic rings. The number of aliphatic carboxylic acids is 1. The van der Waals surface area contributed by atoms with Crippen LogP contribution in [0.4, 0.5) is 0 Å². The van der Waals surface area contributed by atoms with Crippen LogP contribution in [0.3, 0.4) is 0 Å². The molecular formula is C11H10BrNO3. The van der Waals surface area contributed by atoms with Crippen LogP contribution in [0.5, 0.6) is 0 Å². The van der Waals surface area contributed by atoms with Crippen LogP contribution in [-0.2, 0) is 11.2 Å². The van der Waals surface area contributed by atoms with Crippen molar-refractivity contribution >= 4 is 27.8 Å². The number of carbonyl (C=O) groups excluding carboxylic acids is 1. The number of fused-ring (bicyclic) bond motifs is 1. The van der Waals surface area contributed by atoms with Gasteiger partial charge in [-0.3, -0.25) is 9.59 Å². The summed E-state index contributed by atoms with van der Waals surface area (Å²) in [6.45, 7) is 0.230. The van der Waals surface area contributed by atoms with Gasteiger partial charge in [0.15, 0.2) is 0 Å². The Morgan fingerprint density at radius 1 is 1.50 bits per heavy atom. The molecule has 0 spiro atoms. The van der Waals surface area contributed by atoms with Crippen LogP contribution < -0.4 is 0 Å². The number of hydrogen-bond acceptors (Lipinski definition) is 2. The fraction of sp³-hybridized carbons (Fsp3) is 0.273. The molecule has 0 unspecified atom stereocenters. The number of carboxylic acids is 1. The first kappa shape index (κ1) is 11.1. The second-order valence-corrected chi connectivity index (χ2v) is 4.50. The zero-order valence-corrected chi connectivity index (χ0v) is 10.0. The van der Waals surface area contributed by atoms with Crippen molar-refractivity contribution in [1.29, 1.82) is 0 Å². The van der Waals surface area contributed by atoms with E-state index < -0.39 is 5.97 Å². The molecule has 0 fully saturated rings. The molecule has 0 atom stereocenters. The van der Waals surface area contributed by atoms with Gasteiger partial charge in [0.05, 0.1) is 5.56 Å². The van der Waals surface area contributed by atoms with Crippen LogP contribution in [-0.4, -0.2) is 35.0 Å². The topological polar surface area (TPSA) is 57.6 Å². The highest BCUT2D eigenvalue weighted by Crippen LogP contribution is 2.26. The van der Waals surface area contributed by atoms with E-state index in [2.05, 4.69) is 15.9 Å². The number of rotatable bonds is 2. The molecule has 1 N–H and O–H groups in total. The molecule has 0 saturated carbocycles. The standard InChI is InChI=1S/C11H10BrNO3/c12-8-3-1-2-7-4-5-13(6-9(14)15)11(16)10(7)8/h1-3H,4-6H2,(H,14,15). The number of carboxylic acid groups (broad SMARTS) is 1. The molecule has 84 valence electrons. The van der Waals surface area contributed by atoms with E-state index in [9.17, 15) is 9.59 Å². The summed E-state index contributed by atoms with van der Waals surface area (Å²) < 4.78 is 0.727. The molecule has 0 aliphatic carbocycles. The minimum absolute atomic E-state index is 0.212. The predicted octanol–water partition coefficient (Wildman–Crippen LogP) is 1.53. The van der Waals surface area contributed by atoms with E-state index in [-0.39, 0.29) is 12.5 Å². The zero-order valence-electron chi connectivity index (χ0n) is 8.44. The van der Waals surface area contributed by atoms with Crippen molar-refractivity contribution in [3.05, 3.63) is 33.8 Å². The van der Waals surface area contributed by atoms with E-state index in [4.69, 9.17) is 5.11 Å². The lowest BCUT2D eigenvalue weighted by Crippen LogP contribution is -2.41. The maximum absolute atomic E-state index is 12.0. The van der Waals surface area contributed by atoms with Gasteiger partial charge >= 0.3 is 5.97 Å². The zero-order chi connectivity index (χ0) is 11.7. The van der Waals surface area contributed by atoms with Crippen LogP contribution in [0.25, 0.3) is 0 Å². The van der Waals surface area contributed by atoms with Crippen LogP contribution in [0.1, 0.15) is 15.9 Å². The van der Waals surface area contributed by atoms with Gasteiger partial charge < -0.3 is 10.0 Å². The smallest absolute Gasteiger partial charge is 0.323 e. The molecule has 0 bridgehead atoms. The van der Waals surface area contributed by atoms with Gasteiger partial charge in [0.25, 0.3) is 5.91 Å². The Bertz CT molecular complexity index is 459. The third-order valence-corrected chi connectivity index (χ3v) is 3.24. The van der Waals surface area contributed by atoms with Crippen LogP contribution in [0.15, 0.2) is 22.7 Å². The number of halogens is 1. The number of nitrogens with zero attached hydrogens (tertiary/aromatic N) is 1. The summed E-state index contributed by atoms with van der Waals surface area (Å²) in [6, 6.07) is 5.57. The van der Waals surface area contributed by atoms with Gasteiger partial charge in [0.1, 0.15) is 6.54 Å². The van der Waals surface area contributed by atoms with Crippen LogP contribution in [0, 0.1) is 0 Å². The lowest BCUT2D eigenvalue weighted by Gasteiger charge is -2.27. The van der Waals surface area contributed by atoms with Crippen molar-refractivity contribution < 1.29 is 14.7 Å². The first-order valence-electron chi connectivity index (χ1n) is 4.88. The summed E-state index contributed by atoms with van der Waals surface area (Å²) in [4.78, 5) is 24.0. The van der Waals surface area contributed by atoms with Gasteiger partial charge in [-0.1, -0.05) is 12.1 Å². The fourth-order valence-corrected chi connectivity index (χ4v) is 2.42. The Kier molecular flexibility index (Phi) is 2.96. The van der Waals surface area contributed by atoms with Crippen LogP contribution in [0.2, 0.25) is 0 Å². The maximum atomic E-state index is 12.0. The van der Waals surface area contributed by atoms with E-state index in [0.717, 1.165) is 10.0 Å². The Morgan fingerprint density at radius 3 is 2.94 bits per heavy atom. The molecule has 0 aromatic heterocycles. The number of hydrogen-bond donors (Lipinski definition) is 1. The quantitative estimate of drug-likeness (QED) is 0.896. The summed E-state index contributed by atoms with van der Waals surface area (Å²) in [7, 11) is 0. The SMILES string of the molecule is O=C(O)CN1CCc2cccc(Br)c2C1=O. The first-order chi connectivity index (χ1) is 7.59. The average Bonchev–Trinajstić information content (AvgIpc) is 2.22. The molecule has 1 amide bonds. The Hall–Kier alpha value is -1.36. The minimum Gasteiger partial charge on any atom is -0.480 e. The fourth-order valence-electron chi connectivity index (χ4n) is 1.85. The van der Waals surface area contributed by atoms with Crippen molar-refractivity contribution in [3.63, 3.8) is 0 Å². The molecule has 1 aromatic carbocycles. The van der Waals surface area contributed by atoms with Gasteiger partial charge in [-0.2, -0.15) is 0 Å². The van der Waals surface area contributed by atoms with Gasteiger partial charge in [-0.25, -0.2) is 0 Å². The normalized spacial score (nSPS) is 14.8. The average molecular weight is 284 g/mol. The Labute approximate surface area is 101 Å². The number of benzene rings is 1. The minimum atomic E-state index is -0.983. The Balaban J connectivity index is 2.34. The third kappa shape index (κ3) is 1.95. The van der Waals surface area contributed by atoms with E-state index in [1.807, 2.05) is 12.1 Å². The van der Waals surface area contributed by atoms with Crippen molar-refractivity contribution in [1.82, 2.24) is 4.90 Å². The molecular weight excluding hydrogens is 274 g/mol. The highest BCUT2D eigenvalue weighted by Gasteiger charge is 2.27. The van der Waals surface area contributed by atoms with Crippen molar-refractivity contribution in [2.75, 3.05) is 13.1 Å². The van der Waals surface area contributed by atoms with Crippen molar-refractivity contribution in [2.45, 2.75) is 6.42 Å². The molecule has 4 nitrogen and oxygen atoms in total. The molecule has 1 heterocycles. The van der Waals surface area contributed by atoms with Gasteiger partial charge in [0, 0.05) is 11.0 Å². The summed E-state index contributed by atoms with van der Waals surface area (Å²) >= 11 is 3.32. The molecule has 0 saturated heterocycles. The van der Waals surface area contributed by atoms with E-state index in [1.54, 1.807) is 6.07 Å². The largest absolute Gasteiger partial charge is 0.480 e. The highest BCUT2D eigenvalue weighted by molar-refractivity contribution is 9.10. The van der Waals surface area contributed by atoms with Gasteiger partial charge in [-0.05, 0) is 34.0 Å². The third-order valence-electron chi connectivity index (χ3n) is 2.58. The summed E-state index contributed by atoms with van der Waals surface area (Å²) in [5.41, 5.74) is 1.57. The summed E-state index contributed by atoms with van der Waals surface area (Å²) in [5.74, 6) is -1.19. The highest BCUT2D eigenvalue weighted by atomic mass is 79.9. The van der Waals surface area contributed by atoms with Gasteiger partial charge in [-0.15, -0.1) is 0 Å². The Morgan fingerprint density at radius 2 is 2.25 bits per heavy atom.